The predicted octanol–water partition coefficient (Wildman–Crippen LogP) is 10.7. The van der Waals surface area contributed by atoms with Crippen LogP contribution in [-0.4, -0.2) is 22.8 Å². The van der Waals surface area contributed by atoms with Gasteiger partial charge in [-0.05, 0) is 31.6 Å². The zero-order chi connectivity index (χ0) is 26.4. The van der Waals surface area contributed by atoms with Crippen molar-refractivity contribution in [1.82, 2.24) is 0 Å². The summed E-state index contributed by atoms with van der Waals surface area (Å²) < 4.78 is 0. The molecule has 0 aromatic carbocycles. The van der Waals surface area contributed by atoms with Gasteiger partial charge < -0.3 is 10.2 Å². The molecule has 0 radical (unpaired) electrons. The fourth-order valence-electron chi connectivity index (χ4n) is 4.77. The number of aliphatic hydroxyl groups excluding tert-OH is 1. The first kappa shape index (κ1) is 36.6. The van der Waals surface area contributed by atoms with Crippen LogP contribution < -0.4 is 0 Å². The molecule has 0 aliphatic rings. The van der Waals surface area contributed by atoms with Gasteiger partial charge in [0.25, 0.3) is 0 Å². The number of carboxylic acids is 1. The Hall–Kier alpha value is -0.570. The van der Waals surface area contributed by atoms with E-state index < -0.39 is 5.97 Å². The molecule has 212 valence electrons. The Balaban J connectivity index is 0. The third kappa shape index (κ3) is 29.5. The molecule has 2 N–H and O–H groups in total. The van der Waals surface area contributed by atoms with Gasteiger partial charge in [0.05, 0.1) is 5.92 Å². The SMILES string of the molecule is CCCCCCC(CO)CCCC.CCCCCCCCCCC(CCCCCCCC)C(=O)O. The van der Waals surface area contributed by atoms with Gasteiger partial charge in [-0.25, -0.2) is 0 Å². The summed E-state index contributed by atoms with van der Waals surface area (Å²) >= 11 is 0. The average molecular weight is 499 g/mol. The first-order valence-corrected chi connectivity index (χ1v) is 15.9. The standard InChI is InChI=1S/C20H40O2.C12H26O/c1-3-5-7-9-11-12-14-16-18-19(20(21)22)17-15-13-10-8-6-4-2;1-3-5-7-8-10-12(11-13)9-6-4-2/h19H,3-18H2,1-2H3,(H,21,22);12-13H,3-11H2,1-2H3. The van der Waals surface area contributed by atoms with Gasteiger partial charge in [0, 0.05) is 6.61 Å². The predicted molar refractivity (Wildman–Crippen MR) is 155 cm³/mol. The van der Waals surface area contributed by atoms with Gasteiger partial charge >= 0.3 is 5.97 Å². The van der Waals surface area contributed by atoms with E-state index in [1.54, 1.807) is 0 Å². The van der Waals surface area contributed by atoms with Crippen molar-refractivity contribution in [2.45, 2.75) is 182 Å². The van der Waals surface area contributed by atoms with Crippen LogP contribution in [0, 0.1) is 11.8 Å². The van der Waals surface area contributed by atoms with Crippen molar-refractivity contribution in [3.63, 3.8) is 0 Å². The largest absolute Gasteiger partial charge is 0.481 e. The Kier molecular flexibility index (Phi) is 32.9. The number of rotatable bonds is 26. The van der Waals surface area contributed by atoms with Crippen LogP contribution in [-0.2, 0) is 4.79 Å². The lowest BCUT2D eigenvalue weighted by Crippen LogP contribution is -2.13. The van der Waals surface area contributed by atoms with Gasteiger partial charge in [-0.1, -0.05) is 156 Å². The minimum atomic E-state index is -0.573. The molecule has 0 aromatic rings. The highest BCUT2D eigenvalue weighted by molar-refractivity contribution is 5.69. The summed E-state index contributed by atoms with van der Waals surface area (Å²) in [4.78, 5) is 11.3. The van der Waals surface area contributed by atoms with Crippen molar-refractivity contribution in [3.8, 4) is 0 Å². The zero-order valence-electron chi connectivity index (χ0n) is 24.6. The van der Waals surface area contributed by atoms with Gasteiger partial charge in [0.2, 0.25) is 0 Å². The highest BCUT2D eigenvalue weighted by Gasteiger charge is 2.16. The number of carbonyl (C=O) groups is 1. The van der Waals surface area contributed by atoms with Crippen LogP contribution in [0.3, 0.4) is 0 Å². The lowest BCUT2D eigenvalue weighted by atomic mass is 9.94. The quantitative estimate of drug-likeness (QED) is 0.117. The second-order valence-electron chi connectivity index (χ2n) is 10.9. The number of hydrogen-bond acceptors (Lipinski definition) is 2. The van der Waals surface area contributed by atoms with Gasteiger partial charge in [-0.15, -0.1) is 0 Å². The van der Waals surface area contributed by atoms with E-state index >= 15 is 0 Å². The van der Waals surface area contributed by atoms with E-state index in [1.807, 2.05) is 0 Å². The van der Waals surface area contributed by atoms with E-state index in [0.717, 1.165) is 25.7 Å². The average Bonchev–Trinajstić information content (AvgIpc) is 2.86. The van der Waals surface area contributed by atoms with E-state index in [0.29, 0.717) is 12.5 Å². The molecule has 0 bridgehead atoms. The third-order valence-electron chi connectivity index (χ3n) is 7.35. The minimum absolute atomic E-state index is 0.0914. The maximum Gasteiger partial charge on any atom is 0.306 e. The van der Waals surface area contributed by atoms with Gasteiger partial charge in [-0.2, -0.15) is 0 Å². The summed E-state index contributed by atoms with van der Waals surface area (Å²) in [6, 6.07) is 0. The molecule has 35 heavy (non-hydrogen) atoms. The van der Waals surface area contributed by atoms with Crippen LogP contribution in [0.5, 0.6) is 0 Å². The molecular formula is C32H66O3. The molecule has 0 aliphatic carbocycles. The summed E-state index contributed by atoms with van der Waals surface area (Å²) in [6.07, 6.45) is 29.9. The molecule has 2 unspecified atom stereocenters. The number of hydrogen-bond donors (Lipinski definition) is 2. The smallest absolute Gasteiger partial charge is 0.306 e. The maximum atomic E-state index is 11.3. The first-order chi connectivity index (χ1) is 17.1. The molecule has 2 atom stereocenters. The minimum Gasteiger partial charge on any atom is -0.481 e. The van der Waals surface area contributed by atoms with Crippen molar-refractivity contribution in [1.29, 1.82) is 0 Å². The van der Waals surface area contributed by atoms with Crippen LogP contribution >= 0.6 is 0 Å². The van der Waals surface area contributed by atoms with Gasteiger partial charge in [0.1, 0.15) is 0 Å². The van der Waals surface area contributed by atoms with Crippen LogP contribution in [0.15, 0.2) is 0 Å². The maximum absolute atomic E-state index is 11.3. The molecule has 3 heteroatoms. The fraction of sp³-hybridized carbons (Fsp3) is 0.969. The molecule has 0 amide bonds. The summed E-state index contributed by atoms with van der Waals surface area (Å²) in [5.41, 5.74) is 0. The molecule has 0 spiro atoms. The van der Waals surface area contributed by atoms with E-state index in [1.165, 1.54) is 128 Å². The molecule has 0 aromatic heterocycles. The Bertz CT molecular complexity index is 396. The summed E-state index contributed by atoms with van der Waals surface area (Å²) in [5.74, 6) is -0.0837. The number of aliphatic hydroxyl groups is 1. The van der Waals surface area contributed by atoms with E-state index in [4.69, 9.17) is 5.11 Å². The van der Waals surface area contributed by atoms with Gasteiger partial charge in [-0.3, -0.25) is 4.79 Å². The molecule has 0 fully saturated rings. The molecular weight excluding hydrogens is 432 g/mol. The van der Waals surface area contributed by atoms with Gasteiger partial charge in [0.15, 0.2) is 0 Å². The summed E-state index contributed by atoms with van der Waals surface area (Å²) in [6.45, 7) is 9.32. The zero-order valence-corrected chi connectivity index (χ0v) is 24.6. The van der Waals surface area contributed by atoms with E-state index in [9.17, 15) is 9.90 Å². The second-order valence-corrected chi connectivity index (χ2v) is 10.9. The lowest BCUT2D eigenvalue weighted by Gasteiger charge is -2.12. The highest BCUT2D eigenvalue weighted by atomic mass is 16.4. The second kappa shape index (κ2) is 31.5. The van der Waals surface area contributed by atoms with Crippen molar-refractivity contribution in [3.05, 3.63) is 0 Å². The molecule has 0 aliphatic heterocycles. The van der Waals surface area contributed by atoms with Crippen molar-refractivity contribution >= 4 is 5.97 Å². The number of carboxylic acid groups (broad SMARTS) is 1. The van der Waals surface area contributed by atoms with E-state index in [-0.39, 0.29) is 5.92 Å². The normalized spacial score (nSPS) is 12.7. The van der Waals surface area contributed by atoms with Crippen molar-refractivity contribution in [2.24, 2.45) is 11.8 Å². The number of unbranched alkanes of at least 4 members (excludes halogenated alkanes) is 16. The monoisotopic (exact) mass is 499 g/mol. The lowest BCUT2D eigenvalue weighted by molar-refractivity contribution is -0.142. The first-order valence-electron chi connectivity index (χ1n) is 15.9. The van der Waals surface area contributed by atoms with Crippen molar-refractivity contribution in [2.75, 3.05) is 6.61 Å². The highest BCUT2D eigenvalue weighted by Crippen LogP contribution is 2.20. The Labute approximate surface area is 221 Å². The van der Waals surface area contributed by atoms with E-state index in [2.05, 4.69) is 27.7 Å². The summed E-state index contributed by atoms with van der Waals surface area (Å²) in [5, 5.41) is 18.4. The summed E-state index contributed by atoms with van der Waals surface area (Å²) in [7, 11) is 0. The Morgan fingerprint density at radius 1 is 0.486 bits per heavy atom. The molecule has 0 heterocycles. The molecule has 3 nitrogen and oxygen atoms in total. The number of aliphatic carboxylic acids is 1. The Morgan fingerprint density at radius 2 is 0.800 bits per heavy atom. The topological polar surface area (TPSA) is 57.5 Å². The molecule has 0 saturated carbocycles. The van der Waals surface area contributed by atoms with Crippen LogP contribution in [0.25, 0.3) is 0 Å². The van der Waals surface area contributed by atoms with Crippen LogP contribution in [0.1, 0.15) is 182 Å². The fourth-order valence-corrected chi connectivity index (χ4v) is 4.77. The molecule has 0 saturated heterocycles. The third-order valence-corrected chi connectivity index (χ3v) is 7.35. The van der Waals surface area contributed by atoms with Crippen LogP contribution in [0.2, 0.25) is 0 Å². The Morgan fingerprint density at radius 3 is 1.17 bits per heavy atom. The molecule has 0 rings (SSSR count). The van der Waals surface area contributed by atoms with Crippen LogP contribution in [0.4, 0.5) is 0 Å². The van der Waals surface area contributed by atoms with Crippen molar-refractivity contribution < 1.29 is 15.0 Å².